The molecule has 0 N–H and O–H groups in total. The van der Waals surface area contributed by atoms with Gasteiger partial charge in [-0.05, 0) is 103 Å². The summed E-state index contributed by atoms with van der Waals surface area (Å²) in [6.07, 6.45) is 66.5. The van der Waals surface area contributed by atoms with Crippen molar-refractivity contribution in [3.05, 3.63) is 60.8 Å². The summed E-state index contributed by atoms with van der Waals surface area (Å²) in [7, 11) is 0. The first-order valence-corrected chi connectivity index (χ1v) is 27.8. The lowest BCUT2D eigenvalue weighted by atomic mass is 10.1. The monoisotopic (exact) mass is 909 g/mol. The molecule has 1 atom stereocenters. The molecule has 6 heteroatoms. The van der Waals surface area contributed by atoms with E-state index < -0.39 is 6.10 Å². The fourth-order valence-corrected chi connectivity index (χ4v) is 7.80. The number of rotatable bonds is 50. The van der Waals surface area contributed by atoms with Crippen molar-refractivity contribution in [2.45, 2.75) is 284 Å². The quantitative estimate of drug-likeness (QED) is 0.0262. The third-order valence-corrected chi connectivity index (χ3v) is 12.0. The number of carbonyl (C=O) groups excluding carboxylic acids is 3. The van der Waals surface area contributed by atoms with Crippen LogP contribution in [0.15, 0.2) is 60.8 Å². The van der Waals surface area contributed by atoms with Gasteiger partial charge in [-0.2, -0.15) is 0 Å². The summed E-state index contributed by atoms with van der Waals surface area (Å²) in [4.78, 5) is 38.0. The van der Waals surface area contributed by atoms with Gasteiger partial charge < -0.3 is 14.2 Å². The van der Waals surface area contributed by atoms with Crippen molar-refractivity contribution in [3.8, 4) is 0 Å². The number of allylic oxidation sites excluding steroid dienone is 10. The van der Waals surface area contributed by atoms with Gasteiger partial charge in [-0.1, -0.05) is 216 Å². The Hall–Kier alpha value is -2.89. The van der Waals surface area contributed by atoms with Gasteiger partial charge in [0.05, 0.1) is 0 Å². The smallest absolute Gasteiger partial charge is 0.306 e. The molecule has 0 saturated carbocycles. The van der Waals surface area contributed by atoms with E-state index in [2.05, 4.69) is 81.5 Å². The summed E-state index contributed by atoms with van der Waals surface area (Å²) in [5, 5.41) is 0. The molecule has 65 heavy (non-hydrogen) atoms. The minimum atomic E-state index is -0.795. The Balaban J connectivity index is 4.38. The predicted octanol–water partition coefficient (Wildman–Crippen LogP) is 18.4. The number of esters is 3. The first kappa shape index (κ1) is 62.1. The molecular weight excluding hydrogens is 805 g/mol. The molecule has 0 radical (unpaired) electrons. The SMILES string of the molecule is CC/C=C\C/C=C\C/C=C\CCCCC(=O)OCC(COC(=O)CCCCCCCCC/C=C\CCCCCCCCCC)OC(=O)CCCCCCC/C=C\CCCCCCCCC. The minimum Gasteiger partial charge on any atom is -0.462 e. The number of unbranched alkanes of at least 4 members (excludes halogenated alkanes) is 29. The Labute approximate surface area is 402 Å². The molecule has 0 aromatic rings. The lowest BCUT2D eigenvalue weighted by Gasteiger charge is -2.18. The summed E-state index contributed by atoms with van der Waals surface area (Å²) in [6, 6.07) is 0. The van der Waals surface area contributed by atoms with E-state index >= 15 is 0 Å². The third kappa shape index (κ3) is 51.9. The van der Waals surface area contributed by atoms with Gasteiger partial charge in [-0.25, -0.2) is 0 Å². The van der Waals surface area contributed by atoms with E-state index in [0.29, 0.717) is 19.3 Å². The lowest BCUT2D eigenvalue weighted by Crippen LogP contribution is -2.30. The van der Waals surface area contributed by atoms with E-state index in [1.54, 1.807) is 0 Å². The van der Waals surface area contributed by atoms with Gasteiger partial charge in [0.25, 0.3) is 0 Å². The van der Waals surface area contributed by atoms with Crippen LogP contribution in [0.25, 0.3) is 0 Å². The van der Waals surface area contributed by atoms with Crippen molar-refractivity contribution in [2.24, 2.45) is 0 Å². The second kappa shape index (κ2) is 53.7. The van der Waals surface area contributed by atoms with E-state index in [9.17, 15) is 14.4 Å². The average Bonchev–Trinajstić information content (AvgIpc) is 3.30. The summed E-state index contributed by atoms with van der Waals surface area (Å²) in [6.45, 7) is 6.49. The molecule has 0 spiro atoms. The van der Waals surface area contributed by atoms with Crippen LogP contribution in [0.3, 0.4) is 0 Å². The van der Waals surface area contributed by atoms with Crippen LogP contribution in [0.5, 0.6) is 0 Å². The highest BCUT2D eigenvalue weighted by Crippen LogP contribution is 2.15. The summed E-state index contributed by atoms with van der Waals surface area (Å²) in [5.74, 6) is -0.937. The maximum atomic E-state index is 12.8. The van der Waals surface area contributed by atoms with Gasteiger partial charge in [-0.15, -0.1) is 0 Å². The average molecular weight is 909 g/mol. The minimum absolute atomic E-state index is 0.0912. The van der Waals surface area contributed by atoms with E-state index in [-0.39, 0.29) is 31.1 Å². The Bertz CT molecular complexity index is 1180. The topological polar surface area (TPSA) is 78.9 Å². The molecule has 1 unspecified atom stereocenters. The standard InChI is InChI=1S/C59H104O6/c1-4-7-10-13-16-19-22-25-27-29-30-31-33-34-37-40-43-46-49-52-58(61)64-55-56(54-63-57(60)51-48-45-42-39-36-24-21-18-15-12-9-6-3)65-59(62)53-50-47-44-41-38-35-32-28-26-23-20-17-14-11-8-5-2/h9,12,18,21,28-30,32,36,39,56H,4-8,10-11,13-17,19-20,22-27,31,33-35,37-38,40-55H2,1-3H3/b12-9-,21-18-,30-29-,32-28-,39-36-. The lowest BCUT2D eigenvalue weighted by molar-refractivity contribution is -0.167. The van der Waals surface area contributed by atoms with Crippen LogP contribution in [-0.2, 0) is 28.6 Å². The van der Waals surface area contributed by atoms with Crippen molar-refractivity contribution < 1.29 is 28.6 Å². The van der Waals surface area contributed by atoms with Crippen molar-refractivity contribution in [2.75, 3.05) is 13.2 Å². The Morgan fingerprint density at radius 2 is 0.600 bits per heavy atom. The van der Waals surface area contributed by atoms with Crippen LogP contribution >= 0.6 is 0 Å². The molecule has 0 saturated heterocycles. The number of carbonyl (C=O) groups is 3. The third-order valence-electron chi connectivity index (χ3n) is 12.0. The van der Waals surface area contributed by atoms with Crippen LogP contribution in [-0.4, -0.2) is 37.2 Å². The molecule has 0 heterocycles. The van der Waals surface area contributed by atoms with Gasteiger partial charge in [0.2, 0.25) is 0 Å². The van der Waals surface area contributed by atoms with E-state index in [0.717, 1.165) is 89.9 Å². The Morgan fingerprint density at radius 3 is 0.985 bits per heavy atom. The molecule has 0 rings (SSSR count). The molecule has 376 valence electrons. The molecule has 0 aromatic heterocycles. The van der Waals surface area contributed by atoms with Crippen molar-refractivity contribution >= 4 is 17.9 Å². The molecule has 0 fully saturated rings. The Morgan fingerprint density at radius 1 is 0.323 bits per heavy atom. The predicted molar refractivity (Wildman–Crippen MR) is 279 cm³/mol. The Kier molecular flexibility index (Phi) is 51.3. The zero-order valence-corrected chi connectivity index (χ0v) is 43.0. The maximum absolute atomic E-state index is 12.8. The molecular formula is C59H104O6. The molecule has 0 bridgehead atoms. The highest BCUT2D eigenvalue weighted by Gasteiger charge is 2.19. The zero-order valence-electron chi connectivity index (χ0n) is 43.0. The van der Waals surface area contributed by atoms with Gasteiger partial charge in [0, 0.05) is 19.3 Å². The molecule has 0 aliphatic heterocycles. The molecule has 0 aliphatic carbocycles. The highest BCUT2D eigenvalue weighted by atomic mass is 16.6. The molecule has 0 aromatic carbocycles. The van der Waals surface area contributed by atoms with Gasteiger partial charge in [0.15, 0.2) is 6.10 Å². The van der Waals surface area contributed by atoms with Crippen molar-refractivity contribution in [1.82, 2.24) is 0 Å². The van der Waals surface area contributed by atoms with Crippen LogP contribution < -0.4 is 0 Å². The molecule has 0 aliphatic rings. The number of hydrogen-bond donors (Lipinski definition) is 0. The number of ether oxygens (including phenoxy) is 3. The van der Waals surface area contributed by atoms with Crippen LogP contribution in [0, 0.1) is 0 Å². The van der Waals surface area contributed by atoms with E-state index in [4.69, 9.17) is 14.2 Å². The number of hydrogen-bond acceptors (Lipinski definition) is 6. The zero-order chi connectivity index (χ0) is 47.2. The first-order chi connectivity index (χ1) is 32.0. The first-order valence-electron chi connectivity index (χ1n) is 27.8. The van der Waals surface area contributed by atoms with E-state index in [1.807, 2.05) is 0 Å². The second-order valence-corrected chi connectivity index (χ2v) is 18.5. The van der Waals surface area contributed by atoms with Crippen LogP contribution in [0.4, 0.5) is 0 Å². The fraction of sp³-hybridized carbons (Fsp3) is 0.780. The highest BCUT2D eigenvalue weighted by molar-refractivity contribution is 5.71. The van der Waals surface area contributed by atoms with Gasteiger partial charge in [-0.3, -0.25) is 14.4 Å². The molecule has 0 amide bonds. The van der Waals surface area contributed by atoms with Crippen LogP contribution in [0.1, 0.15) is 278 Å². The van der Waals surface area contributed by atoms with Gasteiger partial charge in [0.1, 0.15) is 13.2 Å². The normalized spacial score (nSPS) is 12.5. The van der Waals surface area contributed by atoms with Crippen LogP contribution in [0.2, 0.25) is 0 Å². The summed E-state index contributed by atoms with van der Waals surface area (Å²) < 4.78 is 16.8. The van der Waals surface area contributed by atoms with Crippen molar-refractivity contribution in [1.29, 1.82) is 0 Å². The molecule has 6 nitrogen and oxygen atoms in total. The second-order valence-electron chi connectivity index (χ2n) is 18.5. The van der Waals surface area contributed by atoms with Gasteiger partial charge >= 0.3 is 17.9 Å². The van der Waals surface area contributed by atoms with Crippen molar-refractivity contribution in [3.63, 3.8) is 0 Å². The maximum Gasteiger partial charge on any atom is 0.306 e. The largest absolute Gasteiger partial charge is 0.462 e. The summed E-state index contributed by atoms with van der Waals surface area (Å²) >= 11 is 0. The fourth-order valence-electron chi connectivity index (χ4n) is 7.80. The van der Waals surface area contributed by atoms with E-state index in [1.165, 1.54) is 148 Å². The summed E-state index contributed by atoms with van der Waals surface area (Å²) in [5.41, 5.74) is 0.